The second-order valence-electron chi connectivity index (χ2n) is 4.38. The quantitative estimate of drug-likeness (QED) is 0.665. The highest BCUT2D eigenvalue weighted by Crippen LogP contribution is 2.06. The molecule has 4 nitrogen and oxygen atoms in total. The summed E-state index contributed by atoms with van der Waals surface area (Å²) in [6.07, 6.45) is 4.94. The normalized spacial score (nSPS) is 11.1. The fraction of sp³-hybridized carbons (Fsp3) is 0.615. The minimum absolute atomic E-state index is 0.300. The van der Waals surface area contributed by atoms with E-state index in [2.05, 4.69) is 23.0 Å². The molecule has 0 saturated heterocycles. The first kappa shape index (κ1) is 14.1. The van der Waals surface area contributed by atoms with E-state index in [-0.39, 0.29) is 0 Å². The number of aromatic nitrogens is 1. The Hall–Kier alpha value is -0.970. The number of nitrogens with two attached hydrogens (primary N) is 1. The summed E-state index contributed by atoms with van der Waals surface area (Å²) in [4.78, 5) is 6.47. The maximum atomic E-state index is 8.69. The van der Waals surface area contributed by atoms with Crippen molar-refractivity contribution < 1.29 is 5.11 Å². The summed E-state index contributed by atoms with van der Waals surface area (Å²) < 4.78 is 0. The van der Waals surface area contributed by atoms with Gasteiger partial charge in [-0.15, -0.1) is 0 Å². The first-order valence-corrected chi connectivity index (χ1v) is 6.19. The third-order valence-electron chi connectivity index (χ3n) is 2.74. The van der Waals surface area contributed by atoms with Gasteiger partial charge in [0.1, 0.15) is 0 Å². The maximum absolute atomic E-state index is 8.69. The van der Waals surface area contributed by atoms with Crippen molar-refractivity contribution in [3.63, 3.8) is 0 Å². The summed E-state index contributed by atoms with van der Waals surface area (Å²) in [5.41, 5.74) is 7.76. The van der Waals surface area contributed by atoms with Crippen molar-refractivity contribution >= 4 is 0 Å². The lowest BCUT2D eigenvalue weighted by Gasteiger charge is -2.16. The molecule has 0 fully saturated rings. The van der Waals surface area contributed by atoms with Gasteiger partial charge in [0.05, 0.1) is 5.69 Å². The molecule has 1 aromatic heterocycles. The molecule has 0 aliphatic carbocycles. The number of aliphatic hydroxyl groups excluding tert-OH is 1. The van der Waals surface area contributed by atoms with Crippen molar-refractivity contribution in [2.75, 3.05) is 20.2 Å². The Morgan fingerprint density at radius 1 is 1.35 bits per heavy atom. The minimum atomic E-state index is 0.300. The molecule has 1 heterocycles. The van der Waals surface area contributed by atoms with E-state index in [1.165, 1.54) is 5.56 Å². The minimum Gasteiger partial charge on any atom is -0.396 e. The molecule has 0 aliphatic heterocycles. The van der Waals surface area contributed by atoms with Crippen LogP contribution in [0, 0.1) is 0 Å². The first-order valence-electron chi connectivity index (χ1n) is 6.19. The molecule has 0 amide bonds. The number of pyridine rings is 1. The Balaban J connectivity index is 2.31. The van der Waals surface area contributed by atoms with Crippen molar-refractivity contribution in [3.8, 4) is 0 Å². The first-order chi connectivity index (χ1) is 8.26. The number of unbranched alkanes of at least 4 members (excludes halogenated alkanes) is 2. The molecule has 1 rings (SSSR count). The molecule has 1 aromatic rings. The van der Waals surface area contributed by atoms with Crippen LogP contribution in [0.3, 0.4) is 0 Å². The average Bonchev–Trinajstić information content (AvgIpc) is 2.35. The molecule has 0 saturated carbocycles. The zero-order chi connectivity index (χ0) is 12.5. The SMILES string of the molecule is CN(CCCCCO)Cc1ccnc(CN)c1. The van der Waals surface area contributed by atoms with Crippen LogP contribution in [0.1, 0.15) is 30.5 Å². The molecule has 0 aliphatic rings. The fourth-order valence-electron chi connectivity index (χ4n) is 1.80. The summed E-state index contributed by atoms with van der Waals surface area (Å²) >= 11 is 0. The highest BCUT2D eigenvalue weighted by Gasteiger charge is 2.01. The van der Waals surface area contributed by atoms with E-state index in [0.717, 1.165) is 38.0 Å². The Morgan fingerprint density at radius 2 is 2.18 bits per heavy atom. The summed E-state index contributed by atoms with van der Waals surface area (Å²) in [6, 6.07) is 4.09. The van der Waals surface area contributed by atoms with Crippen LogP contribution >= 0.6 is 0 Å². The van der Waals surface area contributed by atoms with Gasteiger partial charge < -0.3 is 15.7 Å². The molecular formula is C13H23N3O. The molecule has 0 unspecified atom stereocenters. The molecular weight excluding hydrogens is 214 g/mol. The number of nitrogens with zero attached hydrogens (tertiary/aromatic N) is 2. The maximum Gasteiger partial charge on any atom is 0.0542 e. The summed E-state index contributed by atoms with van der Waals surface area (Å²) in [5.74, 6) is 0. The lowest BCUT2D eigenvalue weighted by molar-refractivity contribution is 0.271. The summed E-state index contributed by atoms with van der Waals surface area (Å²) in [5, 5.41) is 8.69. The third kappa shape index (κ3) is 5.77. The van der Waals surface area contributed by atoms with E-state index in [1.54, 1.807) is 0 Å². The van der Waals surface area contributed by atoms with Crippen molar-refractivity contribution in [1.82, 2.24) is 9.88 Å². The van der Waals surface area contributed by atoms with Crippen LogP contribution < -0.4 is 5.73 Å². The van der Waals surface area contributed by atoms with Crippen LogP contribution in [0.15, 0.2) is 18.3 Å². The number of aliphatic hydroxyl groups is 1. The molecule has 0 atom stereocenters. The number of hydrogen-bond acceptors (Lipinski definition) is 4. The predicted octanol–water partition coefficient (Wildman–Crippen LogP) is 1.13. The smallest absolute Gasteiger partial charge is 0.0542 e. The summed E-state index contributed by atoms with van der Waals surface area (Å²) in [7, 11) is 2.11. The topological polar surface area (TPSA) is 62.4 Å². The molecule has 3 N–H and O–H groups in total. The van der Waals surface area contributed by atoms with Gasteiger partial charge in [-0.3, -0.25) is 4.98 Å². The van der Waals surface area contributed by atoms with Gasteiger partial charge in [-0.2, -0.15) is 0 Å². The molecule has 17 heavy (non-hydrogen) atoms. The van der Waals surface area contributed by atoms with E-state index >= 15 is 0 Å². The fourth-order valence-corrected chi connectivity index (χ4v) is 1.80. The average molecular weight is 237 g/mol. The third-order valence-corrected chi connectivity index (χ3v) is 2.74. The van der Waals surface area contributed by atoms with Crippen molar-refractivity contribution in [2.45, 2.75) is 32.4 Å². The Morgan fingerprint density at radius 3 is 2.88 bits per heavy atom. The highest BCUT2D eigenvalue weighted by molar-refractivity contribution is 5.16. The van der Waals surface area contributed by atoms with E-state index in [4.69, 9.17) is 10.8 Å². The van der Waals surface area contributed by atoms with Gasteiger partial charge in [0.2, 0.25) is 0 Å². The van der Waals surface area contributed by atoms with E-state index in [1.807, 2.05) is 12.3 Å². The zero-order valence-electron chi connectivity index (χ0n) is 10.6. The molecule has 0 aromatic carbocycles. The standard InChI is InChI=1S/C13H23N3O/c1-16(7-3-2-4-8-17)11-12-5-6-15-13(9-12)10-14/h5-6,9,17H,2-4,7-8,10-11,14H2,1H3. The van der Waals surface area contributed by atoms with Gasteiger partial charge in [0, 0.05) is 25.9 Å². The largest absolute Gasteiger partial charge is 0.396 e. The van der Waals surface area contributed by atoms with E-state index in [0.29, 0.717) is 13.2 Å². The highest BCUT2D eigenvalue weighted by atomic mass is 16.2. The van der Waals surface area contributed by atoms with Crippen LogP contribution in [0.4, 0.5) is 0 Å². The van der Waals surface area contributed by atoms with Crippen LogP contribution in [0.25, 0.3) is 0 Å². The number of rotatable bonds is 8. The molecule has 0 radical (unpaired) electrons. The van der Waals surface area contributed by atoms with Crippen LogP contribution in [0.5, 0.6) is 0 Å². The monoisotopic (exact) mass is 237 g/mol. The second kappa shape index (κ2) is 8.17. The van der Waals surface area contributed by atoms with E-state index < -0.39 is 0 Å². The van der Waals surface area contributed by atoms with Crippen molar-refractivity contribution in [1.29, 1.82) is 0 Å². The Kier molecular flexibility index (Phi) is 6.77. The summed E-state index contributed by atoms with van der Waals surface area (Å²) in [6.45, 7) is 2.77. The van der Waals surface area contributed by atoms with Gasteiger partial charge in [0.15, 0.2) is 0 Å². The lowest BCUT2D eigenvalue weighted by atomic mass is 10.2. The van der Waals surface area contributed by atoms with Crippen molar-refractivity contribution in [2.24, 2.45) is 5.73 Å². The lowest BCUT2D eigenvalue weighted by Crippen LogP contribution is -2.19. The molecule has 0 spiro atoms. The van der Waals surface area contributed by atoms with Gasteiger partial charge in [-0.05, 0) is 50.6 Å². The van der Waals surface area contributed by atoms with Crippen LogP contribution in [-0.4, -0.2) is 35.2 Å². The molecule has 96 valence electrons. The Bertz CT molecular complexity index is 317. The number of hydrogen-bond donors (Lipinski definition) is 2. The molecule has 4 heteroatoms. The van der Waals surface area contributed by atoms with Gasteiger partial charge in [0.25, 0.3) is 0 Å². The van der Waals surface area contributed by atoms with Gasteiger partial charge >= 0.3 is 0 Å². The van der Waals surface area contributed by atoms with Gasteiger partial charge in [-0.25, -0.2) is 0 Å². The van der Waals surface area contributed by atoms with Gasteiger partial charge in [-0.1, -0.05) is 0 Å². The molecule has 0 bridgehead atoms. The zero-order valence-corrected chi connectivity index (χ0v) is 10.6. The van der Waals surface area contributed by atoms with Crippen LogP contribution in [0.2, 0.25) is 0 Å². The van der Waals surface area contributed by atoms with Crippen LogP contribution in [-0.2, 0) is 13.1 Å². The van der Waals surface area contributed by atoms with E-state index in [9.17, 15) is 0 Å². The predicted molar refractivity (Wildman–Crippen MR) is 69.4 cm³/mol. The second-order valence-corrected chi connectivity index (χ2v) is 4.38. The van der Waals surface area contributed by atoms with Crippen molar-refractivity contribution in [3.05, 3.63) is 29.6 Å². The Labute approximate surface area is 103 Å².